The topological polar surface area (TPSA) is 123 Å². The van der Waals surface area contributed by atoms with Gasteiger partial charge in [-0.25, -0.2) is 27.4 Å². The highest BCUT2D eigenvalue weighted by molar-refractivity contribution is 7.89. The lowest BCUT2D eigenvalue weighted by Gasteiger charge is -2.36. The van der Waals surface area contributed by atoms with Crippen molar-refractivity contribution >= 4 is 15.9 Å². The van der Waals surface area contributed by atoms with Gasteiger partial charge in [-0.1, -0.05) is 12.1 Å². The number of piperidine rings is 1. The summed E-state index contributed by atoms with van der Waals surface area (Å²) in [5, 5.41) is 11.5. The van der Waals surface area contributed by atoms with Crippen molar-refractivity contribution in [3.8, 4) is 11.3 Å². The number of rotatable bonds is 7. The number of hydrogen-bond acceptors (Lipinski definition) is 7. The van der Waals surface area contributed by atoms with Crippen LogP contribution in [0.25, 0.3) is 11.3 Å². The summed E-state index contributed by atoms with van der Waals surface area (Å²) in [7, 11) is -3.15. The van der Waals surface area contributed by atoms with E-state index in [0.29, 0.717) is 38.0 Å². The van der Waals surface area contributed by atoms with Crippen LogP contribution in [0, 0.1) is 5.92 Å². The molecule has 0 aromatic carbocycles. The minimum absolute atomic E-state index is 0.0374. The second-order valence-electron chi connectivity index (χ2n) is 8.03. The van der Waals surface area contributed by atoms with E-state index in [1.807, 2.05) is 17.8 Å². The fourth-order valence-corrected chi connectivity index (χ4v) is 5.56. The third-order valence-electron chi connectivity index (χ3n) is 5.88. The second-order valence-corrected chi connectivity index (χ2v) is 10.1. The second kappa shape index (κ2) is 8.76. The van der Waals surface area contributed by atoms with Gasteiger partial charge in [0.15, 0.2) is 0 Å². The van der Waals surface area contributed by atoms with Crippen molar-refractivity contribution in [1.29, 1.82) is 0 Å². The van der Waals surface area contributed by atoms with Crippen LogP contribution in [0.2, 0.25) is 0 Å². The number of nitrogens with zero attached hydrogens (tertiary/aromatic N) is 6. The zero-order valence-corrected chi connectivity index (χ0v) is 17.8. The van der Waals surface area contributed by atoms with E-state index < -0.39 is 10.0 Å². The molecule has 0 radical (unpaired) electrons. The van der Waals surface area contributed by atoms with Gasteiger partial charge in [0.25, 0.3) is 0 Å². The van der Waals surface area contributed by atoms with Crippen LogP contribution < -0.4 is 5.32 Å². The lowest BCUT2D eigenvalue weighted by atomic mass is 9.79. The molecule has 3 heterocycles. The summed E-state index contributed by atoms with van der Waals surface area (Å²) in [5.41, 5.74) is 1.53. The Labute approximate surface area is 176 Å². The molecule has 1 aliphatic carbocycles. The van der Waals surface area contributed by atoms with Gasteiger partial charge < -0.3 is 5.32 Å². The van der Waals surface area contributed by atoms with Crippen LogP contribution in [0.5, 0.6) is 0 Å². The molecule has 1 saturated heterocycles. The van der Waals surface area contributed by atoms with E-state index in [-0.39, 0.29) is 29.7 Å². The average Bonchev–Trinajstić information content (AvgIpc) is 3.17. The van der Waals surface area contributed by atoms with E-state index in [2.05, 4.69) is 25.6 Å². The first-order valence-electron chi connectivity index (χ1n) is 10.4. The molecular weight excluding hydrogens is 406 g/mol. The van der Waals surface area contributed by atoms with Crippen LogP contribution in [-0.4, -0.2) is 68.5 Å². The number of sulfonamides is 1. The van der Waals surface area contributed by atoms with Gasteiger partial charge in [0.05, 0.1) is 18.0 Å². The highest BCUT2D eigenvalue weighted by Crippen LogP contribution is 2.38. The van der Waals surface area contributed by atoms with E-state index in [9.17, 15) is 13.2 Å². The van der Waals surface area contributed by atoms with Crippen LogP contribution in [0.1, 0.15) is 45.1 Å². The first-order chi connectivity index (χ1) is 14.5. The zero-order chi connectivity index (χ0) is 21.1. The average molecular weight is 434 g/mol. The highest BCUT2D eigenvalue weighted by Gasteiger charge is 2.38. The molecule has 1 aliphatic heterocycles. The van der Waals surface area contributed by atoms with Crippen LogP contribution in [-0.2, 0) is 14.8 Å². The molecule has 162 valence electrons. The summed E-state index contributed by atoms with van der Waals surface area (Å²) in [6, 6.07) is 0.202. The van der Waals surface area contributed by atoms with Crippen molar-refractivity contribution in [3.05, 3.63) is 24.9 Å². The molecule has 30 heavy (non-hydrogen) atoms. The number of amides is 1. The van der Waals surface area contributed by atoms with Gasteiger partial charge in [-0.3, -0.25) is 4.79 Å². The molecule has 10 nitrogen and oxygen atoms in total. The molecule has 2 aromatic heterocycles. The molecule has 1 N–H and O–H groups in total. The van der Waals surface area contributed by atoms with E-state index in [4.69, 9.17) is 0 Å². The lowest BCUT2D eigenvalue weighted by molar-refractivity contribution is -0.129. The van der Waals surface area contributed by atoms with E-state index >= 15 is 0 Å². The fraction of sp³-hybridized carbons (Fsp3) is 0.632. The van der Waals surface area contributed by atoms with Crippen molar-refractivity contribution in [2.24, 2.45) is 5.92 Å². The largest absolute Gasteiger partial charge is 0.353 e. The molecule has 2 fully saturated rings. The number of nitrogens with one attached hydrogen (secondary N) is 1. The molecule has 1 saturated carbocycles. The minimum atomic E-state index is -3.15. The Kier molecular flexibility index (Phi) is 6.09. The standard InChI is InChI=1S/C19H27N7O3S/c1-2-7-30(28,29)25-5-3-16(4-6-25)22-19(27)14-8-17(9-14)26-12-18(23-24-26)15-10-20-13-21-11-15/h10-14,16-17H,2-9H2,1H3,(H,22,27). The number of aromatic nitrogens is 5. The Morgan fingerprint density at radius 3 is 2.57 bits per heavy atom. The van der Waals surface area contributed by atoms with Crippen LogP contribution >= 0.6 is 0 Å². The Morgan fingerprint density at radius 1 is 1.20 bits per heavy atom. The third-order valence-corrected chi connectivity index (χ3v) is 7.96. The number of carbonyl (C=O) groups is 1. The molecule has 0 bridgehead atoms. The normalized spacial score (nSPS) is 23.1. The summed E-state index contributed by atoms with van der Waals surface area (Å²) in [6.45, 7) is 2.82. The zero-order valence-electron chi connectivity index (χ0n) is 17.0. The molecule has 0 atom stereocenters. The monoisotopic (exact) mass is 433 g/mol. The molecule has 4 rings (SSSR count). The Morgan fingerprint density at radius 2 is 1.90 bits per heavy atom. The Hall–Kier alpha value is -2.40. The Bertz CT molecular complexity index is 965. The maximum atomic E-state index is 12.6. The van der Waals surface area contributed by atoms with Crippen LogP contribution in [0.3, 0.4) is 0 Å². The quantitative estimate of drug-likeness (QED) is 0.691. The maximum absolute atomic E-state index is 12.6. The fourth-order valence-electron chi connectivity index (χ4n) is 4.02. The summed E-state index contributed by atoms with van der Waals surface area (Å²) in [5.74, 6) is 0.205. The van der Waals surface area contributed by atoms with Crippen molar-refractivity contribution < 1.29 is 13.2 Å². The molecule has 0 spiro atoms. The van der Waals surface area contributed by atoms with Gasteiger partial charge in [-0.05, 0) is 32.1 Å². The van der Waals surface area contributed by atoms with E-state index in [0.717, 1.165) is 18.4 Å². The third kappa shape index (κ3) is 4.51. The van der Waals surface area contributed by atoms with Crippen LogP contribution in [0.15, 0.2) is 24.9 Å². The van der Waals surface area contributed by atoms with Gasteiger partial charge in [0, 0.05) is 43.0 Å². The molecule has 2 aromatic rings. The SMILES string of the molecule is CCCS(=O)(=O)N1CCC(NC(=O)C2CC(n3cc(-c4cncnc4)nn3)C2)CC1. The minimum Gasteiger partial charge on any atom is -0.353 e. The van der Waals surface area contributed by atoms with Gasteiger partial charge in [-0.15, -0.1) is 5.10 Å². The summed E-state index contributed by atoms with van der Waals surface area (Å²) in [6.07, 6.45) is 10.1. The molecular formula is C19H27N7O3S. The summed E-state index contributed by atoms with van der Waals surface area (Å²) >= 11 is 0. The van der Waals surface area contributed by atoms with Gasteiger partial charge in [0.2, 0.25) is 15.9 Å². The predicted molar refractivity (Wildman–Crippen MR) is 110 cm³/mol. The summed E-state index contributed by atoms with van der Waals surface area (Å²) < 4.78 is 27.7. The smallest absolute Gasteiger partial charge is 0.223 e. The first kappa shape index (κ1) is 20.9. The van der Waals surface area contributed by atoms with Crippen LogP contribution in [0.4, 0.5) is 0 Å². The number of carbonyl (C=O) groups excluding carboxylic acids is 1. The van der Waals surface area contributed by atoms with Crippen molar-refractivity contribution in [2.75, 3.05) is 18.8 Å². The maximum Gasteiger partial charge on any atom is 0.223 e. The van der Waals surface area contributed by atoms with Gasteiger partial charge in [0.1, 0.15) is 12.0 Å². The molecule has 11 heteroatoms. The molecule has 2 aliphatic rings. The number of hydrogen-bond donors (Lipinski definition) is 1. The first-order valence-corrected chi connectivity index (χ1v) is 12.0. The van der Waals surface area contributed by atoms with E-state index in [1.165, 1.54) is 6.33 Å². The summed E-state index contributed by atoms with van der Waals surface area (Å²) in [4.78, 5) is 20.6. The highest BCUT2D eigenvalue weighted by atomic mass is 32.2. The molecule has 1 amide bonds. The predicted octanol–water partition coefficient (Wildman–Crippen LogP) is 1.01. The van der Waals surface area contributed by atoms with Crippen molar-refractivity contribution in [1.82, 2.24) is 34.6 Å². The Balaban J connectivity index is 1.23. The van der Waals surface area contributed by atoms with Crippen molar-refractivity contribution in [2.45, 2.75) is 51.1 Å². The van der Waals surface area contributed by atoms with Gasteiger partial charge in [-0.2, -0.15) is 0 Å². The molecule has 0 unspecified atom stereocenters. The van der Waals surface area contributed by atoms with Gasteiger partial charge >= 0.3 is 0 Å². The van der Waals surface area contributed by atoms with E-state index in [1.54, 1.807) is 16.7 Å². The van der Waals surface area contributed by atoms with Crippen molar-refractivity contribution in [3.63, 3.8) is 0 Å². The lowest BCUT2D eigenvalue weighted by Crippen LogP contribution is -2.49.